The van der Waals surface area contributed by atoms with Crippen LogP contribution in [0.1, 0.15) is 12.1 Å². The third-order valence-electron chi connectivity index (χ3n) is 2.35. The Morgan fingerprint density at radius 3 is 2.50 bits per heavy atom. The van der Waals surface area contributed by atoms with Crippen molar-refractivity contribution in [3.63, 3.8) is 0 Å². The van der Waals surface area contributed by atoms with Crippen molar-refractivity contribution in [1.82, 2.24) is 9.97 Å². The van der Waals surface area contributed by atoms with Gasteiger partial charge in [-0.05, 0) is 0 Å². The second kappa shape index (κ2) is 2.46. The van der Waals surface area contributed by atoms with Crippen molar-refractivity contribution >= 4 is 5.97 Å². The zero-order valence-electron chi connectivity index (χ0n) is 6.94. The molecule has 0 radical (unpaired) electrons. The van der Waals surface area contributed by atoms with E-state index in [9.17, 15) is 13.6 Å². The molecule has 0 saturated heterocycles. The average molecular weight is 200 g/mol. The molecule has 1 aliphatic carbocycles. The summed E-state index contributed by atoms with van der Waals surface area (Å²) in [5.74, 6) is -4.77. The molecule has 0 spiro atoms. The zero-order valence-corrected chi connectivity index (χ0v) is 6.94. The van der Waals surface area contributed by atoms with Crippen LogP contribution in [0.15, 0.2) is 18.6 Å². The maximum atomic E-state index is 12.9. The molecule has 0 aliphatic heterocycles. The highest BCUT2D eigenvalue weighted by molar-refractivity contribution is 5.86. The zero-order chi connectivity index (χ0) is 10.4. The molecule has 1 N–H and O–H groups in total. The van der Waals surface area contributed by atoms with Gasteiger partial charge in [-0.15, -0.1) is 0 Å². The Labute approximate surface area is 77.6 Å². The van der Waals surface area contributed by atoms with Crippen molar-refractivity contribution in [1.29, 1.82) is 0 Å². The van der Waals surface area contributed by atoms with Gasteiger partial charge in [-0.1, -0.05) is 0 Å². The standard InChI is InChI=1S/C8H6F2N2O2/c9-8(10)4-7(8,6(13)14)5-3-11-1-2-12-5/h1-3H,4H2,(H,13,14). The van der Waals surface area contributed by atoms with E-state index in [-0.39, 0.29) is 5.69 Å². The van der Waals surface area contributed by atoms with Gasteiger partial charge in [0.05, 0.1) is 5.69 Å². The molecule has 1 atom stereocenters. The third kappa shape index (κ3) is 0.934. The Morgan fingerprint density at radius 2 is 2.14 bits per heavy atom. The van der Waals surface area contributed by atoms with E-state index in [4.69, 9.17) is 5.11 Å². The molecule has 14 heavy (non-hydrogen) atoms. The third-order valence-corrected chi connectivity index (χ3v) is 2.35. The second-order valence-electron chi connectivity index (χ2n) is 3.18. The highest BCUT2D eigenvalue weighted by atomic mass is 19.3. The van der Waals surface area contributed by atoms with Crippen LogP contribution in [0.3, 0.4) is 0 Å². The van der Waals surface area contributed by atoms with E-state index in [0.29, 0.717) is 0 Å². The summed E-state index contributed by atoms with van der Waals surface area (Å²) in [6, 6.07) is 0. The SMILES string of the molecule is O=C(O)C1(c2cnccn2)CC1(F)F. The Balaban J connectivity index is 2.47. The van der Waals surface area contributed by atoms with Crippen molar-refractivity contribution in [2.24, 2.45) is 0 Å². The topological polar surface area (TPSA) is 63.1 Å². The second-order valence-corrected chi connectivity index (χ2v) is 3.18. The summed E-state index contributed by atoms with van der Waals surface area (Å²) in [6.45, 7) is 0. The van der Waals surface area contributed by atoms with Gasteiger partial charge in [0.1, 0.15) is 0 Å². The van der Waals surface area contributed by atoms with E-state index in [1.807, 2.05) is 0 Å². The number of hydrogen-bond acceptors (Lipinski definition) is 3. The molecule has 2 rings (SSSR count). The van der Waals surface area contributed by atoms with Crippen LogP contribution in [0, 0.1) is 0 Å². The summed E-state index contributed by atoms with van der Waals surface area (Å²) in [5, 5.41) is 8.75. The molecule has 0 amide bonds. The molecule has 1 fully saturated rings. The van der Waals surface area contributed by atoms with Gasteiger partial charge in [-0.3, -0.25) is 14.8 Å². The van der Waals surface area contributed by atoms with Gasteiger partial charge >= 0.3 is 5.97 Å². The molecule has 1 aromatic rings. The van der Waals surface area contributed by atoms with Crippen LogP contribution in [-0.4, -0.2) is 27.0 Å². The Hall–Kier alpha value is -1.59. The van der Waals surface area contributed by atoms with Crippen LogP contribution in [0.5, 0.6) is 0 Å². The lowest BCUT2D eigenvalue weighted by Gasteiger charge is -2.08. The lowest BCUT2D eigenvalue weighted by atomic mass is 10.0. The normalized spacial score (nSPS) is 28.4. The molecule has 4 nitrogen and oxygen atoms in total. The first-order valence-corrected chi connectivity index (χ1v) is 3.88. The number of alkyl halides is 2. The van der Waals surface area contributed by atoms with Crippen LogP contribution in [-0.2, 0) is 10.2 Å². The number of nitrogens with zero attached hydrogens (tertiary/aromatic N) is 2. The summed E-state index contributed by atoms with van der Waals surface area (Å²) in [5.41, 5.74) is -2.33. The van der Waals surface area contributed by atoms with Crippen molar-refractivity contribution in [2.45, 2.75) is 17.8 Å². The van der Waals surface area contributed by atoms with Gasteiger partial charge in [0, 0.05) is 25.0 Å². The maximum Gasteiger partial charge on any atom is 0.322 e. The average Bonchev–Trinajstić information content (AvgIpc) is 2.72. The van der Waals surface area contributed by atoms with E-state index in [2.05, 4.69) is 9.97 Å². The van der Waals surface area contributed by atoms with E-state index in [1.165, 1.54) is 12.4 Å². The monoisotopic (exact) mass is 200 g/mol. The highest BCUT2D eigenvalue weighted by Crippen LogP contribution is 2.60. The molecule has 1 heterocycles. The number of aliphatic carboxylic acids is 1. The number of rotatable bonds is 2. The molecular weight excluding hydrogens is 194 g/mol. The van der Waals surface area contributed by atoms with E-state index >= 15 is 0 Å². The van der Waals surface area contributed by atoms with Crippen molar-refractivity contribution in [2.75, 3.05) is 0 Å². The summed E-state index contributed by atoms with van der Waals surface area (Å²) in [4.78, 5) is 17.9. The fraction of sp³-hybridized carbons (Fsp3) is 0.375. The fourth-order valence-electron chi connectivity index (χ4n) is 1.43. The minimum Gasteiger partial charge on any atom is -0.480 e. The molecule has 6 heteroatoms. The molecule has 1 aromatic heterocycles. The first kappa shape index (κ1) is 8.98. The van der Waals surface area contributed by atoms with Gasteiger partial charge in [-0.25, -0.2) is 8.78 Å². The highest BCUT2D eigenvalue weighted by Gasteiger charge is 2.78. The van der Waals surface area contributed by atoms with Crippen LogP contribution in [0.2, 0.25) is 0 Å². The lowest BCUT2D eigenvalue weighted by Crippen LogP contribution is -2.28. The van der Waals surface area contributed by atoms with Gasteiger partial charge in [-0.2, -0.15) is 0 Å². The Bertz CT molecular complexity index is 382. The predicted molar refractivity (Wildman–Crippen MR) is 40.9 cm³/mol. The van der Waals surface area contributed by atoms with Gasteiger partial charge in [0.2, 0.25) is 0 Å². The predicted octanol–water partition coefficient (Wildman–Crippen LogP) is 0.838. The van der Waals surface area contributed by atoms with Crippen molar-refractivity contribution in [3.05, 3.63) is 24.3 Å². The van der Waals surface area contributed by atoms with E-state index in [0.717, 1.165) is 6.20 Å². The van der Waals surface area contributed by atoms with Crippen LogP contribution in [0.4, 0.5) is 8.78 Å². The number of carboxylic acids is 1. The quantitative estimate of drug-likeness (QED) is 0.768. The van der Waals surface area contributed by atoms with Crippen LogP contribution >= 0.6 is 0 Å². The minimum absolute atomic E-state index is 0.183. The largest absolute Gasteiger partial charge is 0.480 e. The van der Waals surface area contributed by atoms with Crippen molar-refractivity contribution in [3.8, 4) is 0 Å². The molecule has 0 bridgehead atoms. The van der Waals surface area contributed by atoms with Crippen LogP contribution < -0.4 is 0 Å². The molecule has 74 valence electrons. The van der Waals surface area contributed by atoms with Crippen molar-refractivity contribution < 1.29 is 18.7 Å². The molecule has 0 aromatic carbocycles. The summed E-state index contributed by atoms with van der Waals surface area (Å²) in [6.07, 6.45) is 2.87. The molecule has 1 unspecified atom stereocenters. The maximum absolute atomic E-state index is 12.9. The first-order chi connectivity index (χ1) is 6.51. The summed E-state index contributed by atoms with van der Waals surface area (Å²) >= 11 is 0. The molecular formula is C8H6F2N2O2. The van der Waals surface area contributed by atoms with Gasteiger partial charge < -0.3 is 5.11 Å². The van der Waals surface area contributed by atoms with Gasteiger partial charge in [0.25, 0.3) is 5.92 Å². The summed E-state index contributed by atoms with van der Waals surface area (Å²) < 4.78 is 25.9. The fourth-order valence-corrected chi connectivity index (χ4v) is 1.43. The minimum atomic E-state index is -3.21. The Morgan fingerprint density at radius 1 is 1.50 bits per heavy atom. The summed E-state index contributed by atoms with van der Waals surface area (Å²) in [7, 11) is 0. The number of carbonyl (C=O) groups is 1. The lowest BCUT2D eigenvalue weighted by molar-refractivity contribution is -0.143. The van der Waals surface area contributed by atoms with Gasteiger partial charge in [0.15, 0.2) is 5.41 Å². The van der Waals surface area contributed by atoms with E-state index in [1.54, 1.807) is 0 Å². The smallest absolute Gasteiger partial charge is 0.322 e. The number of carboxylic acid groups (broad SMARTS) is 1. The first-order valence-electron chi connectivity index (χ1n) is 3.88. The van der Waals surface area contributed by atoms with E-state index < -0.39 is 23.7 Å². The van der Waals surface area contributed by atoms with Crippen LogP contribution in [0.25, 0.3) is 0 Å². The molecule has 1 saturated carbocycles. The number of hydrogen-bond donors (Lipinski definition) is 1. The molecule has 1 aliphatic rings. The number of aromatic nitrogens is 2. The Kier molecular flexibility index (Phi) is 1.58. The number of halogens is 2.